The highest BCUT2D eigenvalue weighted by Crippen LogP contribution is 2.23. The highest BCUT2D eigenvalue weighted by Gasteiger charge is 2.21. The van der Waals surface area contributed by atoms with E-state index in [1.54, 1.807) is 0 Å². The topological polar surface area (TPSA) is 87.2 Å². The molecule has 0 unspecified atom stereocenters. The monoisotopic (exact) mass is 309 g/mol. The lowest BCUT2D eigenvalue weighted by Crippen LogP contribution is -2.35. The minimum Gasteiger partial charge on any atom is -0.337 e. The number of non-ortho nitro benzene ring substituents is 1. The van der Waals surface area contributed by atoms with Gasteiger partial charge < -0.3 is 4.90 Å². The van der Waals surface area contributed by atoms with Crippen LogP contribution in [0.25, 0.3) is 0 Å². The summed E-state index contributed by atoms with van der Waals surface area (Å²) in [6.45, 7) is 4.62. The van der Waals surface area contributed by atoms with Gasteiger partial charge in [-0.15, -0.1) is 0 Å². The average molecular weight is 310 g/mol. The van der Waals surface area contributed by atoms with Gasteiger partial charge in [0.2, 0.25) is 0 Å². The number of halogens is 1. The smallest absolute Gasteiger partial charge is 0.270 e. The van der Waals surface area contributed by atoms with Gasteiger partial charge in [0.05, 0.1) is 28.0 Å². The molecule has 0 spiro atoms. The van der Waals surface area contributed by atoms with Gasteiger partial charge in [-0.2, -0.15) is 5.26 Å². The summed E-state index contributed by atoms with van der Waals surface area (Å²) in [5.41, 5.74) is -0.100. The van der Waals surface area contributed by atoms with Crippen molar-refractivity contribution in [3.8, 4) is 6.07 Å². The van der Waals surface area contributed by atoms with Gasteiger partial charge in [-0.25, -0.2) is 0 Å². The molecule has 0 N–H and O–H groups in total. The Bertz CT molecular complexity index is 581. The Balaban J connectivity index is 3.10. The van der Waals surface area contributed by atoms with E-state index in [9.17, 15) is 14.9 Å². The molecule has 0 saturated heterocycles. The Hall–Kier alpha value is -2.13. The maximum absolute atomic E-state index is 12.5. The standard InChI is InChI=1S/C14H16ClN3O3/c1-10(2)9-17(7-3-6-16)14(19)12-8-11(18(20)21)4-5-13(12)15/h4-5,8,10H,3,7,9H2,1-2H3. The molecule has 6 nitrogen and oxygen atoms in total. The third-order valence-corrected chi connectivity index (χ3v) is 3.09. The first-order valence-electron chi connectivity index (χ1n) is 6.47. The second-order valence-electron chi connectivity index (χ2n) is 4.97. The average Bonchev–Trinajstić information content (AvgIpc) is 2.42. The number of rotatable bonds is 6. The molecule has 21 heavy (non-hydrogen) atoms. The maximum atomic E-state index is 12.5. The molecule has 7 heteroatoms. The van der Waals surface area contributed by atoms with Crippen molar-refractivity contribution in [2.75, 3.05) is 13.1 Å². The van der Waals surface area contributed by atoms with Crippen LogP contribution in [0.3, 0.4) is 0 Å². The van der Waals surface area contributed by atoms with Gasteiger partial charge in [0.15, 0.2) is 0 Å². The van der Waals surface area contributed by atoms with Crippen molar-refractivity contribution in [1.82, 2.24) is 4.90 Å². The quantitative estimate of drug-likeness (QED) is 0.596. The van der Waals surface area contributed by atoms with Crippen molar-refractivity contribution in [2.45, 2.75) is 20.3 Å². The van der Waals surface area contributed by atoms with Crippen LogP contribution in [0.5, 0.6) is 0 Å². The van der Waals surface area contributed by atoms with Crippen molar-refractivity contribution in [3.63, 3.8) is 0 Å². The summed E-state index contributed by atoms with van der Waals surface area (Å²) in [4.78, 5) is 24.2. The van der Waals surface area contributed by atoms with E-state index >= 15 is 0 Å². The normalized spacial score (nSPS) is 10.2. The second kappa shape index (κ2) is 7.60. The molecule has 0 aliphatic carbocycles. The van der Waals surface area contributed by atoms with Gasteiger partial charge in [-0.1, -0.05) is 25.4 Å². The molecular formula is C14H16ClN3O3. The van der Waals surface area contributed by atoms with E-state index in [1.165, 1.54) is 23.1 Å². The van der Waals surface area contributed by atoms with Crippen LogP contribution in [0.15, 0.2) is 18.2 Å². The van der Waals surface area contributed by atoms with Crippen molar-refractivity contribution < 1.29 is 9.72 Å². The van der Waals surface area contributed by atoms with Gasteiger partial charge in [0.25, 0.3) is 11.6 Å². The van der Waals surface area contributed by atoms with E-state index in [1.807, 2.05) is 19.9 Å². The summed E-state index contributed by atoms with van der Waals surface area (Å²) in [7, 11) is 0. The Morgan fingerprint density at radius 3 is 2.71 bits per heavy atom. The summed E-state index contributed by atoms with van der Waals surface area (Å²) >= 11 is 5.98. The van der Waals surface area contributed by atoms with Crippen molar-refractivity contribution in [3.05, 3.63) is 38.9 Å². The molecule has 0 saturated carbocycles. The van der Waals surface area contributed by atoms with Crippen LogP contribution < -0.4 is 0 Å². The van der Waals surface area contributed by atoms with E-state index in [2.05, 4.69) is 0 Å². The van der Waals surface area contributed by atoms with Crippen LogP contribution >= 0.6 is 11.6 Å². The first-order valence-corrected chi connectivity index (χ1v) is 6.84. The first-order chi connectivity index (χ1) is 9.86. The molecule has 0 atom stereocenters. The predicted molar refractivity (Wildman–Crippen MR) is 79.1 cm³/mol. The number of hydrogen-bond acceptors (Lipinski definition) is 4. The van der Waals surface area contributed by atoms with E-state index in [4.69, 9.17) is 16.9 Å². The van der Waals surface area contributed by atoms with Crippen LogP contribution in [0.1, 0.15) is 30.6 Å². The molecule has 1 amide bonds. The third-order valence-electron chi connectivity index (χ3n) is 2.76. The molecular weight excluding hydrogens is 294 g/mol. The lowest BCUT2D eigenvalue weighted by Gasteiger charge is -2.24. The minimum atomic E-state index is -0.574. The zero-order valence-corrected chi connectivity index (χ0v) is 12.6. The van der Waals surface area contributed by atoms with E-state index in [0.29, 0.717) is 6.54 Å². The fraction of sp³-hybridized carbons (Fsp3) is 0.429. The Morgan fingerprint density at radius 1 is 1.52 bits per heavy atom. The number of benzene rings is 1. The van der Waals surface area contributed by atoms with Crippen LogP contribution in [-0.2, 0) is 0 Å². The zero-order valence-electron chi connectivity index (χ0n) is 11.9. The largest absolute Gasteiger partial charge is 0.337 e. The Kier molecular flexibility index (Phi) is 6.12. The molecule has 1 aromatic rings. The third kappa shape index (κ3) is 4.72. The molecule has 0 bridgehead atoms. The van der Waals surface area contributed by atoms with E-state index in [-0.39, 0.29) is 35.2 Å². The van der Waals surface area contributed by atoms with Crippen LogP contribution in [0, 0.1) is 27.4 Å². The molecule has 112 valence electrons. The molecule has 0 fully saturated rings. The molecule has 1 rings (SSSR count). The lowest BCUT2D eigenvalue weighted by atomic mass is 10.1. The number of hydrogen-bond donors (Lipinski definition) is 0. The number of carbonyl (C=O) groups is 1. The van der Waals surface area contributed by atoms with Gasteiger partial charge >= 0.3 is 0 Å². The van der Waals surface area contributed by atoms with Crippen LogP contribution in [-0.4, -0.2) is 28.8 Å². The Labute approximate surface area is 128 Å². The van der Waals surface area contributed by atoms with Gasteiger partial charge in [-0.3, -0.25) is 14.9 Å². The summed E-state index contributed by atoms with van der Waals surface area (Å²) in [6.07, 6.45) is 0.199. The van der Waals surface area contributed by atoms with Gasteiger partial charge in [0, 0.05) is 25.2 Å². The number of amides is 1. The molecule has 0 aromatic heterocycles. The van der Waals surface area contributed by atoms with Crippen molar-refractivity contribution in [2.24, 2.45) is 5.92 Å². The number of nitrogens with zero attached hydrogens (tertiary/aromatic N) is 3. The minimum absolute atomic E-state index is 0.0875. The Morgan fingerprint density at radius 2 is 2.19 bits per heavy atom. The summed E-state index contributed by atoms with van der Waals surface area (Å²) < 4.78 is 0. The SMILES string of the molecule is CC(C)CN(CCC#N)C(=O)c1cc([N+](=O)[O-])ccc1Cl. The van der Waals surface area contributed by atoms with Crippen LogP contribution in [0.2, 0.25) is 5.02 Å². The summed E-state index contributed by atoms with van der Waals surface area (Å²) in [5, 5.41) is 19.6. The fourth-order valence-electron chi connectivity index (χ4n) is 1.86. The number of nitro groups is 1. The molecule has 0 radical (unpaired) electrons. The number of nitriles is 1. The number of carbonyl (C=O) groups excluding carboxylic acids is 1. The highest BCUT2D eigenvalue weighted by atomic mass is 35.5. The van der Waals surface area contributed by atoms with E-state index < -0.39 is 10.8 Å². The second-order valence-corrected chi connectivity index (χ2v) is 5.38. The molecule has 0 aliphatic rings. The van der Waals surface area contributed by atoms with Crippen molar-refractivity contribution >= 4 is 23.2 Å². The van der Waals surface area contributed by atoms with Crippen molar-refractivity contribution in [1.29, 1.82) is 5.26 Å². The highest BCUT2D eigenvalue weighted by molar-refractivity contribution is 6.33. The van der Waals surface area contributed by atoms with E-state index in [0.717, 1.165) is 0 Å². The zero-order chi connectivity index (χ0) is 16.0. The predicted octanol–water partition coefficient (Wildman–Crippen LogP) is 3.26. The number of nitro benzene ring substituents is 1. The van der Waals surface area contributed by atoms with Gasteiger partial charge in [-0.05, 0) is 12.0 Å². The van der Waals surface area contributed by atoms with Crippen LogP contribution in [0.4, 0.5) is 5.69 Å². The lowest BCUT2D eigenvalue weighted by molar-refractivity contribution is -0.384. The molecule has 1 aromatic carbocycles. The fourth-order valence-corrected chi connectivity index (χ4v) is 2.06. The summed E-state index contributed by atoms with van der Waals surface area (Å²) in [5.74, 6) is -0.183. The molecule has 0 heterocycles. The van der Waals surface area contributed by atoms with Gasteiger partial charge in [0.1, 0.15) is 0 Å². The maximum Gasteiger partial charge on any atom is 0.270 e. The molecule has 0 aliphatic heterocycles. The first kappa shape index (κ1) is 16.9. The summed E-state index contributed by atoms with van der Waals surface area (Å²) in [6, 6.07) is 5.75.